The third-order valence-corrected chi connectivity index (χ3v) is 3.58. The van der Waals surface area contributed by atoms with E-state index in [2.05, 4.69) is 5.32 Å². The van der Waals surface area contributed by atoms with Crippen LogP contribution in [0.3, 0.4) is 0 Å². The minimum atomic E-state index is -0.547. The van der Waals surface area contributed by atoms with Gasteiger partial charge in [-0.05, 0) is 25.1 Å². The lowest BCUT2D eigenvalue weighted by Gasteiger charge is -2.19. The van der Waals surface area contributed by atoms with Crippen LogP contribution >= 0.6 is 22.9 Å². The first-order valence-corrected chi connectivity index (χ1v) is 5.55. The van der Waals surface area contributed by atoms with Gasteiger partial charge in [-0.2, -0.15) is 0 Å². The maximum Gasteiger partial charge on any atom is 0.0931 e. The van der Waals surface area contributed by atoms with E-state index in [4.69, 9.17) is 11.6 Å². The number of nitrogens with one attached hydrogen (secondary N) is 1. The molecule has 1 atom stereocenters. The molecule has 2 nitrogen and oxygen atoms in total. The second-order valence-corrected chi connectivity index (χ2v) is 5.33. The molecule has 0 amide bonds. The van der Waals surface area contributed by atoms with Gasteiger partial charge in [0.15, 0.2) is 0 Å². The van der Waals surface area contributed by atoms with Crippen LogP contribution in [0.15, 0.2) is 12.1 Å². The van der Waals surface area contributed by atoms with Crippen molar-refractivity contribution >= 4 is 22.9 Å². The predicted molar refractivity (Wildman–Crippen MR) is 55.5 cm³/mol. The molecule has 0 saturated carbocycles. The van der Waals surface area contributed by atoms with Crippen molar-refractivity contribution in [1.29, 1.82) is 0 Å². The molecule has 0 spiro atoms. The molecule has 2 N–H and O–H groups in total. The molecule has 0 radical (unpaired) electrons. The van der Waals surface area contributed by atoms with Gasteiger partial charge in [0.25, 0.3) is 0 Å². The molecule has 4 heteroatoms. The number of halogens is 1. The van der Waals surface area contributed by atoms with Crippen molar-refractivity contribution in [2.24, 2.45) is 0 Å². The molecule has 72 valence electrons. The molecule has 1 aromatic rings. The summed E-state index contributed by atoms with van der Waals surface area (Å²) in [6, 6.07) is 3.87. The number of rotatable bonds is 2. The summed E-state index contributed by atoms with van der Waals surface area (Å²) in [5.41, 5.74) is -0.547. The smallest absolute Gasteiger partial charge is 0.0931 e. The molecule has 1 aliphatic rings. The summed E-state index contributed by atoms with van der Waals surface area (Å²) in [4.78, 5) is 1.16. The maximum atomic E-state index is 10.1. The SMILES string of the molecule is OC1(Cc2ccc(Cl)s2)CCNC1. The summed E-state index contributed by atoms with van der Waals surface area (Å²) in [5.74, 6) is 0. The van der Waals surface area contributed by atoms with Gasteiger partial charge < -0.3 is 10.4 Å². The molecule has 1 aliphatic heterocycles. The van der Waals surface area contributed by atoms with Crippen molar-refractivity contribution in [1.82, 2.24) is 5.32 Å². The lowest BCUT2D eigenvalue weighted by Crippen LogP contribution is -2.33. The van der Waals surface area contributed by atoms with Gasteiger partial charge in [-0.25, -0.2) is 0 Å². The Morgan fingerprint density at radius 3 is 3.00 bits per heavy atom. The molecule has 13 heavy (non-hydrogen) atoms. The molecule has 0 bridgehead atoms. The minimum absolute atomic E-state index is 0.547. The zero-order valence-corrected chi connectivity index (χ0v) is 8.79. The largest absolute Gasteiger partial charge is 0.388 e. The van der Waals surface area contributed by atoms with E-state index in [1.54, 1.807) is 11.3 Å². The van der Waals surface area contributed by atoms with Gasteiger partial charge >= 0.3 is 0 Å². The van der Waals surface area contributed by atoms with Gasteiger partial charge in [0, 0.05) is 17.8 Å². The van der Waals surface area contributed by atoms with Crippen LogP contribution in [-0.2, 0) is 6.42 Å². The molecule has 0 aliphatic carbocycles. The molecule has 1 unspecified atom stereocenters. The molecule has 1 aromatic heterocycles. The standard InChI is InChI=1S/C9H12ClNOS/c10-8-2-1-7(13-8)5-9(12)3-4-11-6-9/h1-2,11-12H,3-6H2. The van der Waals surface area contributed by atoms with Crippen molar-refractivity contribution in [3.63, 3.8) is 0 Å². The Morgan fingerprint density at radius 2 is 2.46 bits per heavy atom. The summed E-state index contributed by atoms with van der Waals surface area (Å²) in [6.07, 6.45) is 1.56. The van der Waals surface area contributed by atoms with E-state index in [1.807, 2.05) is 12.1 Å². The molecule has 0 aromatic carbocycles. The average Bonchev–Trinajstić information content (AvgIpc) is 2.62. The van der Waals surface area contributed by atoms with Gasteiger partial charge in [-0.1, -0.05) is 11.6 Å². The second kappa shape index (κ2) is 3.58. The highest BCUT2D eigenvalue weighted by molar-refractivity contribution is 7.16. The molecule has 1 saturated heterocycles. The average molecular weight is 218 g/mol. The van der Waals surface area contributed by atoms with Gasteiger partial charge in [0.2, 0.25) is 0 Å². The van der Waals surface area contributed by atoms with Crippen molar-refractivity contribution in [3.05, 3.63) is 21.3 Å². The van der Waals surface area contributed by atoms with E-state index >= 15 is 0 Å². The number of thiophene rings is 1. The summed E-state index contributed by atoms with van der Waals surface area (Å²) in [7, 11) is 0. The Labute approximate surface area is 86.5 Å². The van der Waals surface area contributed by atoms with Crippen LogP contribution in [-0.4, -0.2) is 23.8 Å². The van der Waals surface area contributed by atoms with Crippen LogP contribution < -0.4 is 5.32 Å². The molecule has 1 fully saturated rings. The second-order valence-electron chi connectivity index (χ2n) is 3.53. The number of hydrogen-bond donors (Lipinski definition) is 2. The zero-order valence-electron chi connectivity index (χ0n) is 7.22. The normalized spacial score (nSPS) is 28.2. The van der Waals surface area contributed by atoms with Crippen LogP contribution in [0.5, 0.6) is 0 Å². The number of hydrogen-bond acceptors (Lipinski definition) is 3. The highest BCUT2D eigenvalue weighted by atomic mass is 35.5. The predicted octanol–water partition coefficient (Wildman–Crippen LogP) is 1.67. The van der Waals surface area contributed by atoms with Crippen LogP contribution in [0.25, 0.3) is 0 Å². The van der Waals surface area contributed by atoms with E-state index in [-0.39, 0.29) is 0 Å². The lowest BCUT2D eigenvalue weighted by atomic mass is 9.98. The Balaban J connectivity index is 2.04. The summed E-state index contributed by atoms with van der Waals surface area (Å²) >= 11 is 7.36. The first-order valence-electron chi connectivity index (χ1n) is 4.35. The highest BCUT2D eigenvalue weighted by Gasteiger charge is 2.31. The van der Waals surface area contributed by atoms with Crippen LogP contribution in [0, 0.1) is 0 Å². The quantitative estimate of drug-likeness (QED) is 0.790. The fraction of sp³-hybridized carbons (Fsp3) is 0.556. The third-order valence-electron chi connectivity index (χ3n) is 2.35. The lowest BCUT2D eigenvalue weighted by molar-refractivity contribution is 0.0627. The summed E-state index contributed by atoms with van der Waals surface area (Å²) < 4.78 is 0.796. The Hall–Kier alpha value is -0.0900. The monoisotopic (exact) mass is 217 g/mol. The fourth-order valence-electron chi connectivity index (χ4n) is 1.65. The van der Waals surface area contributed by atoms with Crippen molar-refractivity contribution in [2.75, 3.05) is 13.1 Å². The molecular formula is C9H12ClNOS. The third kappa shape index (κ3) is 2.23. The Kier molecular flexibility index (Phi) is 2.60. The van der Waals surface area contributed by atoms with Crippen LogP contribution in [0.4, 0.5) is 0 Å². The van der Waals surface area contributed by atoms with E-state index in [0.717, 1.165) is 28.6 Å². The minimum Gasteiger partial charge on any atom is -0.388 e. The number of β-amino-alcohol motifs (C(OH)–C–C–N with tert-alkyl or cyclic N) is 1. The van der Waals surface area contributed by atoms with E-state index in [0.29, 0.717) is 6.54 Å². The maximum absolute atomic E-state index is 10.1. The summed E-state index contributed by atoms with van der Waals surface area (Å²) in [6.45, 7) is 1.61. The fourth-order valence-corrected chi connectivity index (χ4v) is 2.88. The first kappa shape index (κ1) is 9.46. The molecular weight excluding hydrogens is 206 g/mol. The van der Waals surface area contributed by atoms with Crippen molar-refractivity contribution in [3.8, 4) is 0 Å². The van der Waals surface area contributed by atoms with Gasteiger partial charge in [-0.15, -0.1) is 11.3 Å². The summed E-state index contributed by atoms with van der Waals surface area (Å²) in [5, 5.41) is 13.2. The van der Waals surface area contributed by atoms with E-state index in [1.165, 1.54) is 0 Å². The molecule has 2 rings (SSSR count). The van der Waals surface area contributed by atoms with E-state index in [9.17, 15) is 5.11 Å². The van der Waals surface area contributed by atoms with E-state index < -0.39 is 5.60 Å². The topological polar surface area (TPSA) is 32.3 Å². The van der Waals surface area contributed by atoms with Gasteiger partial charge in [0.1, 0.15) is 0 Å². The molecule has 2 heterocycles. The Morgan fingerprint density at radius 1 is 1.62 bits per heavy atom. The van der Waals surface area contributed by atoms with Crippen LogP contribution in [0.1, 0.15) is 11.3 Å². The zero-order chi connectivity index (χ0) is 9.31. The van der Waals surface area contributed by atoms with Gasteiger partial charge in [0.05, 0.1) is 9.94 Å². The Bertz CT molecular complexity index is 294. The number of aliphatic hydroxyl groups is 1. The van der Waals surface area contributed by atoms with Gasteiger partial charge in [-0.3, -0.25) is 0 Å². The first-order chi connectivity index (χ1) is 6.18. The highest BCUT2D eigenvalue weighted by Crippen LogP contribution is 2.27. The van der Waals surface area contributed by atoms with Crippen molar-refractivity contribution in [2.45, 2.75) is 18.4 Å². The van der Waals surface area contributed by atoms with Crippen LogP contribution in [0.2, 0.25) is 4.34 Å². The van der Waals surface area contributed by atoms with Crippen molar-refractivity contribution < 1.29 is 5.11 Å².